The van der Waals surface area contributed by atoms with Gasteiger partial charge in [-0.05, 0) is 68.2 Å². The highest BCUT2D eigenvalue weighted by atomic mass is 17.2. The van der Waals surface area contributed by atoms with E-state index in [4.69, 9.17) is 9.78 Å². The van der Waals surface area contributed by atoms with Gasteiger partial charge in [0.05, 0.1) is 25.0 Å². The van der Waals surface area contributed by atoms with E-state index < -0.39 is 34.2 Å². The van der Waals surface area contributed by atoms with Crippen LogP contribution in [-0.4, -0.2) is 34.2 Å². The van der Waals surface area contributed by atoms with Crippen molar-refractivity contribution < 1.29 is 29.1 Å². The predicted octanol–water partition coefficient (Wildman–Crippen LogP) is 4.11. The largest absolute Gasteiger partial charge is 0.342 e. The number of nitriles is 2. The third kappa shape index (κ3) is 12.8. The molecule has 30 heavy (non-hydrogen) atoms. The van der Waals surface area contributed by atoms with Crippen LogP contribution >= 0.6 is 0 Å². The Morgan fingerprint density at radius 1 is 0.700 bits per heavy atom. The van der Waals surface area contributed by atoms with E-state index in [1.807, 2.05) is 12.1 Å². The normalized spacial score (nSPS) is 16.1. The molecule has 168 valence electrons. The van der Waals surface area contributed by atoms with E-state index in [-0.39, 0.29) is 25.7 Å². The smallest absolute Gasteiger partial charge is 0.298 e. The predicted molar refractivity (Wildman–Crippen MR) is 105 cm³/mol. The Hall–Kier alpha value is -2.56. The molecule has 2 unspecified atom stereocenters. The number of carbonyl (C=O) groups excluding carboxylic acids is 2. The molecule has 0 saturated carbocycles. The highest BCUT2D eigenvalue weighted by molar-refractivity contribution is 5.69. The van der Waals surface area contributed by atoms with Gasteiger partial charge in [-0.1, -0.05) is 0 Å². The number of nitrogens with zero attached hydrogens (tertiary/aromatic N) is 4. The highest BCUT2D eigenvalue weighted by Crippen LogP contribution is 2.24. The first-order chi connectivity index (χ1) is 13.5. The second-order valence-electron chi connectivity index (χ2n) is 9.27. The van der Waals surface area contributed by atoms with E-state index in [0.717, 1.165) is 0 Å². The van der Waals surface area contributed by atoms with Gasteiger partial charge in [-0.25, -0.2) is 9.59 Å². The van der Waals surface area contributed by atoms with Gasteiger partial charge in [0.2, 0.25) is 0 Å². The summed E-state index contributed by atoms with van der Waals surface area (Å²) in [6, 6.07) is 3.95. The summed E-state index contributed by atoms with van der Waals surface area (Å²) in [6.45, 7) is 13.3. The summed E-state index contributed by atoms with van der Waals surface area (Å²) in [6.07, 6.45) is -0.220. The average Bonchev–Trinajstić information content (AvgIpc) is 2.65. The summed E-state index contributed by atoms with van der Waals surface area (Å²) in [4.78, 5) is 42.8. The second kappa shape index (κ2) is 11.0. The average molecular weight is 424 g/mol. The maximum atomic E-state index is 11.8. The molecule has 0 bridgehead atoms. The summed E-state index contributed by atoms with van der Waals surface area (Å²) >= 11 is 0. The van der Waals surface area contributed by atoms with Crippen LogP contribution in [0.3, 0.4) is 0 Å². The van der Waals surface area contributed by atoms with Gasteiger partial charge in [0.15, 0.2) is 11.1 Å². The minimum Gasteiger partial charge on any atom is -0.298 e. The van der Waals surface area contributed by atoms with E-state index in [9.17, 15) is 20.1 Å². The summed E-state index contributed by atoms with van der Waals surface area (Å²) in [5.74, 6) is -1.29. The fourth-order valence-corrected chi connectivity index (χ4v) is 1.59. The van der Waals surface area contributed by atoms with Crippen molar-refractivity contribution in [1.82, 2.24) is 0 Å². The van der Waals surface area contributed by atoms with E-state index in [1.165, 1.54) is 13.8 Å². The van der Waals surface area contributed by atoms with Crippen molar-refractivity contribution in [2.24, 2.45) is 10.2 Å². The molecule has 0 rings (SSSR count). The maximum absolute atomic E-state index is 11.8. The van der Waals surface area contributed by atoms with Crippen LogP contribution < -0.4 is 0 Å². The summed E-state index contributed by atoms with van der Waals surface area (Å²) in [5.41, 5.74) is -4.01. The monoisotopic (exact) mass is 424 g/mol. The molecular formula is C20H32N4O6. The molecule has 0 aromatic rings. The van der Waals surface area contributed by atoms with Gasteiger partial charge in [0.25, 0.3) is 0 Å². The third-order valence-electron chi connectivity index (χ3n) is 3.37. The Kier molecular flexibility index (Phi) is 10.1. The maximum Gasteiger partial charge on any atom is 0.342 e. The molecule has 0 spiro atoms. The summed E-state index contributed by atoms with van der Waals surface area (Å²) < 4.78 is 0. The summed E-state index contributed by atoms with van der Waals surface area (Å²) in [5, 5.41) is 26.8. The van der Waals surface area contributed by atoms with Crippen molar-refractivity contribution in [1.29, 1.82) is 10.5 Å². The molecule has 10 nitrogen and oxygen atoms in total. The minimum absolute atomic E-state index is 0.0162. The zero-order valence-electron chi connectivity index (χ0n) is 19.1. The van der Waals surface area contributed by atoms with E-state index in [1.54, 1.807) is 41.5 Å². The van der Waals surface area contributed by atoms with Crippen LogP contribution in [0.1, 0.15) is 81.1 Å². The van der Waals surface area contributed by atoms with Crippen LogP contribution in [0.25, 0.3) is 0 Å². The van der Waals surface area contributed by atoms with Crippen molar-refractivity contribution in [2.75, 3.05) is 0 Å². The van der Waals surface area contributed by atoms with Gasteiger partial charge < -0.3 is 0 Å². The minimum atomic E-state index is -1.35. The molecule has 0 aliphatic heterocycles. The Bertz CT molecular complexity index is 651. The molecule has 0 heterocycles. The Labute approximate surface area is 178 Å². The fourth-order valence-electron chi connectivity index (χ4n) is 1.59. The van der Waals surface area contributed by atoms with Crippen LogP contribution in [0.5, 0.6) is 0 Å². The lowest BCUT2D eigenvalue weighted by Gasteiger charge is -2.20. The lowest BCUT2D eigenvalue weighted by molar-refractivity contribution is -0.320. The van der Waals surface area contributed by atoms with Gasteiger partial charge in [0.1, 0.15) is 11.2 Å². The van der Waals surface area contributed by atoms with Crippen molar-refractivity contribution in [2.45, 2.75) is 103 Å². The van der Waals surface area contributed by atoms with Crippen molar-refractivity contribution in [3.8, 4) is 12.1 Å². The summed E-state index contributed by atoms with van der Waals surface area (Å²) in [7, 11) is 0. The van der Waals surface area contributed by atoms with Crippen LogP contribution in [0.15, 0.2) is 10.2 Å². The Morgan fingerprint density at radius 3 is 1.23 bits per heavy atom. The van der Waals surface area contributed by atoms with Crippen LogP contribution in [-0.2, 0) is 29.1 Å². The van der Waals surface area contributed by atoms with Gasteiger partial charge in [-0.2, -0.15) is 30.5 Å². The molecule has 0 saturated heterocycles. The Balaban J connectivity index is 4.85. The second-order valence-corrected chi connectivity index (χ2v) is 9.27. The van der Waals surface area contributed by atoms with E-state index >= 15 is 0 Å². The lowest BCUT2D eigenvalue weighted by atomic mass is 9.97. The van der Waals surface area contributed by atoms with Gasteiger partial charge >= 0.3 is 11.9 Å². The SMILES string of the molecule is CC(C#N)(CCC(=O)OOC(C)(C)C)N=NC(C)(C#N)CCC(=O)OOC(C)(C)C. The van der Waals surface area contributed by atoms with Crippen LogP contribution in [0, 0.1) is 22.7 Å². The first kappa shape index (κ1) is 27.4. The van der Waals surface area contributed by atoms with Crippen molar-refractivity contribution in [3.63, 3.8) is 0 Å². The molecule has 2 atom stereocenters. The molecule has 0 amide bonds. The standard InChI is InChI=1S/C20H32N4O6/c1-17(2,3)29-27-15(25)9-11-19(7,13-21)23-24-20(8,14-22)12-10-16(26)28-30-18(4,5)6/h9-12H2,1-8H3. The third-order valence-corrected chi connectivity index (χ3v) is 3.37. The quantitative estimate of drug-likeness (QED) is 0.289. The van der Waals surface area contributed by atoms with Gasteiger partial charge in [-0.15, -0.1) is 0 Å². The van der Waals surface area contributed by atoms with E-state index in [0.29, 0.717) is 0 Å². The topological polar surface area (TPSA) is 143 Å². The highest BCUT2D eigenvalue weighted by Gasteiger charge is 2.30. The molecule has 0 fully saturated rings. The molecule has 0 N–H and O–H groups in total. The van der Waals surface area contributed by atoms with Gasteiger partial charge in [-0.3, -0.25) is 9.78 Å². The molecule has 0 radical (unpaired) electrons. The number of azo groups is 1. The first-order valence-corrected chi connectivity index (χ1v) is 9.57. The molecule has 0 aliphatic carbocycles. The zero-order chi connectivity index (χ0) is 23.6. The number of hydrogen-bond acceptors (Lipinski definition) is 10. The van der Waals surface area contributed by atoms with Crippen molar-refractivity contribution in [3.05, 3.63) is 0 Å². The Morgan fingerprint density at radius 2 is 1.00 bits per heavy atom. The van der Waals surface area contributed by atoms with E-state index in [2.05, 4.69) is 20.0 Å². The lowest BCUT2D eigenvalue weighted by Crippen LogP contribution is -2.27. The zero-order valence-corrected chi connectivity index (χ0v) is 19.1. The molecule has 0 aromatic carbocycles. The number of rotatable bonds is 10. The van der Waals surface area contributed by atoms with Crippen LogP contribution in [0.4, 0.5) is 0 Å². The molecule has 10 heteroatoms. The molecule has 0 aromatic heterocycles. The number of hydrogen-bond donors (Lipinski definition) is 0. The van der Waals surface area contributed by atoms with Crippen molar-refractivity contribution >= 4 is 11.9 Å². The molecular weight excluding hydrogens is 392 g/mol. The molecule has 0 aliphatic rings. The number of carbonyl (C=O) groups is 2. The van der Waals surface area contributed by atoms with Gasteiger partial charge in [0, 0.05) is 0 Å². The van der Waals surface area contributed by atoms with Crippen LogP contribution in [0.2, 0.25) is 0 Å². The first-order valence-electron chi connectivity index (χ1n) is 9.57. The fraction of sp³-hybridized carbons (Fsp3) is 0.800.